The summed E-state index contributed by atoms with van der Waals surface area (Å²) in [5, 5.41) is 16.2. The molecule has 2 N–H and O–H groups in total. The average molecular weight is 497 g/mol. The van der Waals surface area contributed by atoms with Crippen molar-refractivity contribution in [2.45, 2.75) is 51.8 Å². The Bertz CT molecular complexity index is 1580. The van der Waals surface area contributed by atoms with Gasteiger partial charge < -0.3 is 15.4 Å². The molecule has 10 nitrogen and oxygen atoms in total. The number of hydrogen-bond donors (Lipinski definition) is 2. The maximum atomic E-state index is 13.3. The summed E-state index contributed by atoms with van der Waals surface area (Å²) in [7, 11) is 0. The monoisotopic (exact) mass is 496 g/mol. The number of hydrogen-bond acceptors (Lipinski definition) is 8. The second-order valence-corrected chi connectivity index (χ2v) is 9.89. The predicted molar refractivity (Wildman–Crippen MR) is 139 cm³/mol. The van der Waals surface area contributed by atoms with Gasteiger partial charge >= 0.3 is 0 Å². The van der Waals surface area contributed by atoms with Gasteiger partial charge in [0.1, 0.15) is 11.5 Å². The largest absolute Gasteiger partial charge is 0.474 e. The lowest BCUT2D eigenvalue weighted by Crippen LogP contribution is -2.33. The van der Waals surface area contributed by atoms with Crippen molar-refractivity contribution in [3.8, 4) is 17.8 Å². The van der Waals surface area contributed by atoms with Crippen molar-refractivity contribution >= 4 is 22.7 Å². The number of rotatable bonds is 6. The molecule has 2 aliphatic rings. The fourth-order valence-corrected chi connectivity index (χ4v) is 4.96. The van der Waals surface area contributed by atoms with Crippen LogP contribution in [0.3, 0.4) is 0 Å². The Morgan fingerprint density at radius 2 is 2.05 bits per heavy atom. The summed E-state index contributed by atoms with van der Waals surface area (Å²) < 4.78 is 9.37. The second-order valence-electron chi connectivity index (χ2n) is 9.89. The zero-order valence-electron chi connectivity index (χ0n) is 20.8. The van der Waals surface area contributed by atoms with Crippen molar-refractivity contribution in [1.82, 2.24) is 29.6 Å². The van der Waals surface area contributed by atoms with Crippen LogP contribution in [-0.2, 0) is 13.0 Å². The maximum absolute atomic E-state index is 13.3. The number of ether oxygens (including phenoxy) is 1. The van der Waals surface area contributed by atoms with E-state index in [0.717, 1.165) is 25.2 Å². The lowest BCUT2D eigenvalue weighted by atomic mass is 9.83. The molecule has 1 aliphatic carbocycles. The van der Waals surface area contributed by atoms with Crippen LogP contribution in [0.4, 0.5) is 11.6 Å². The van der Waals surface area contributed by atoms with Gasteiger partial charge in [-0.1, -0.05) is 12.1 Å². The quantitative estimate of drug-likeness (QED) is 0.415. The van der Waals surface area contributed by atoms with E-state index in [-0.39, 0.29) is 23.6 Å². The van der Waals surface area contributed by atoms with E-state index in [2.05, 4.69) is 33.8 Å². The molecule has 1 aliphatic heterocycles. The Morgan fingerprint density at radius 1 is 1.19 bits per heavy atom. The number of benzene rings is 1. The number of fused-ring (bicyclic) bond motifs is 2. The van der Waals surface area contributed by atoms with Crippen LogP contribution in [-0.4, -0.2) is 37.0 Å². The summed E-state index contributed by atoms with van der Waals surface area (Å²) in [6.45, 7) is 5.72. The minimum absolute atomic E-state index is 0.0222. The van der Waals surface area contributed by atoms with Crippen LogP contribution in [0.2, 0.25) is 0 Å². The van der Waals surface area contributed by atoms with Crippen molar-refractivity contribution in [3.05, 3.63) is 64.1 Å². The van der Waals surface area contributed by atoms with E-state index in [9.17, 15) is 4.79 Å². The molecular formula is C27H28N8O2. The number of pyridine rings is 1. The molecule has 0 spiro atoms. The number of nitrogens with zero attached hydrogens (tertiary/aromatic N) is 6. The van der Waals surface area contributed by atoms with Crippen molar-refractivity contribution < 1.29 is 4.74 Å². The van der Waals surface area contributed by atoms with Crippen LogP contribution in [0.5, 0.6) is 5.88 Å². The van der Waals surface area contributed by atoms with Crippen molar-refractivity contribution in [3.63, 3.8) is 0 Å². The first-order valence-electron chi connectivity index (χ1n) is 12.6. The molecule has 3 aromatic heterocycles. The highest BCUT2D eigenvalue weighted by Gasteiger charge is 2.31. The molecule has 4 aromatic rings. The number of nitrogens with one attached hydrogen (secondary N) is 2. The van der Waals surface area contributed by atoms with E-state index in [1.807, 2.05) is 32.0 Å². The smallest absolute Gasteiger partial charge is 0.278 e. The molecule has 0 bridgehead atoms. The summed E-state index contributed by atoms with van der Waals surface area (Å²) in [5.74, 6) is 1.43. The zero-order chi connectivity index (χ0) is 25.5. The predicted octanol–water partition coefficient (Wildman–Crippen LogP) is 3.63. The number of nitriles is 1. The van der Waals surface area contributed by atoms with E-state index in [1.54, 1.807) is 21.6 Å². The number of aromatic nitrogens is 5. The molecule has 0 atom stereocenters. The van der Waals surface area contributed by atoms with E-state index in [1.165, 1.54) is 11.1 Å². The first-order chi connectivity index (χ1) is 18.0. The molecule has 37 heavy (non-hydrogen) atoms. The molecule has 1 saturated carbocycles. The third kappa shape index (κ3) is 4.32. The van der Waals surface area contributed by atoms with Crippen molar-refractivity contribution in [2.75, 3.05) is 11.9 Å². The number of anilines is 2. The zero-order valence-corrected chi connectivity index (χ0v) is 20.8. The molecule has 10 heteroatoms. The van der Waals surface area contributed by atoms with Gasteiger partial charge in [-0.3, -0.25) is 4.79 Å². The van der Waals surface area contributed by atoms with Gasteiger partial charge in [-0.05, 0) is 56.1 Å². The summed E-state index contributed by atoms with van der Waals surface area (Å²) in [6, 6.07) is 13.9. The minimum atomic E-state index is -0.180. The van der Waals surface area contributed by atoms with E-state index in [4.69, 9.17) is 20.0 Å². The Morgan fingerprint density at radius 3 is 2.86 bits per heavy atom. The lowest BCUT2D eigenvalue weighted by molar-refractivity contribution is 0.0845. The standard InChI is InChI=1S/C27H28N8O2/c1-16(2)34-26(36)22-15-30-27(31-20-7-6-18-8-9-29-14-19(18)12-20)33-25(22)35(34)23-4-3-5-24(32-23)37-21-10-17(11-21)13-28/h3-7,12,15-17,21,29H,8-11,14H2,1-2H3,(H,30,31,33). The molecule has 1 fully saturated rings. The minimum Gasteiger partial charge on any atom is -0.474 e. The first kappa shape index (κ1) is 23.2. The van der Waals surface area contributed by atoms with E-state index < -0.39 is 0 Å². The molecule has 6 rings (SSSR count). The molecule has 0 amide bonds. The van der Waals surface area contributed by atoms with Crippen LogP contribution in [0.1, 0.15) is 43.9 Å². The van der Waals surface area contributed by atoms with Crippen LogP contribution in [0.25, 0.3) is 16.9 Å². The van der Waals surface area contributed by atoms with Gasteiger partial charge in [0.2, 0.25) is 11.8 Å². The van der Waals surface area contributed by atoms with Crippen LogP contribution < -0.4 is 20.9 Å². The highest BCUT2D eigenvalue weighted by molar-refractivity contribution is 5.77. The molecule has 0 saturated heterocycles. The average Bonchev–Trinajstić information content (AvgIpc) is 3.18. The third-order valence-corrected chi connectivity index (χ3v) is 6.95. The van der Waals surface area contributed by atoms with Crippen LogP contribution in [0, 0.1) is 17.2 Å². The van der Waals surface area contributed by atoms with Crippen molar-refractivity contribution in [2.24, 2.45) is 5.92 Å². The fourth-order valence-electron chi connectivity index (χ4n) is 4.96. The summed E-state index contributed by atoms with van der Waals surface area (Å²) >= 11 is 0. The topological polar surface area (TPSA) is 123 Å². The van der Waals surface area contributed by atoms with Crippen molar-refractivity contribution in [1.29, 1.82) is 5.26 Å². The second kappa shape index (κ2) is 9.33. The molecule has 188 valence electrons. The fraction of sp³-hybridized carbons (Fsp3) is 0.370. The summed E-state index contributed by atoms with van der Waals surface area (Å²) in [5.41, 5.74) is 3.79. The highest BCUT2D eigenvalue weighted by Crippen LogP contribution is 2.30. The first-order valence-corrected chi connectivity index (χ1v) is 12.6. The third-order valence-electron chi connectivity index (χ3n) is 6.95. The van der Waals surface area contributed by atoms with E-state index >= 15 is 0 Å². The highest BCUT2D eigenvalue weighted by atomic mass is 16.5. The van der Waals surface area contributed by atoms with Gasteiger partial charge in [0.05, 0.1) is 12.0 Å². The van der Waals surface area contributed by atoms with Gasteiger partial charge in [-0.2, -0.15) is 15.2 Å². The van der Waals surface area contributed by atoms with Gasteiger partial charge in [0, 0.05) is 43.4 Å². The SMILES string of the molecule is CC(C)n1c(=O)c2cnc(Nc3ccc4c(c3)CNCC4)nc2n1-c1cccc(OC2CC(C#N)C2)n1. The van der Waals surface area contributed by atoms with Gasteiger partial charge in [0.25, 0.3) is 5.56 Å². The Kier molecular flexibility index (Phi) is 5.85. The lowest BCUT2D eigenvalue weighted by Gasteiger charge is -2.30. The molecule has 4 heterocycles. The van der Waals surface area contributed by atoms with Gasteiger partial charge in [0.15, 0.2) is 11.5 Å². The van der Waals surface area contributed by atoms with Gasteiger partial charge in [-0.25, -0.2) is 14.3 Å². The molecular weight excluding hydrogens is 468 g/mol. The summed E-state index contributed by atoms with van der Waals surface area (Å²) in [6.07, 6.45) is 3.96. The summed E-state index contributed by atoms with van der Waals surface area (Å²) in [4.78, 5) is 27.2. The molecule has 0 unspecified atom stereocenters. The Balaban J connectivity index is 1.37. The molecule has 0 radical (unpaired) electrons. The normalized spacial score (nSPS) is 18.8. The Hall–Kier alpha value is -4.23. The van der Waals surface area contributed by atoms with Crippen LogP contribution in [0.15, 0.2) is 47.4 Å². The van der Waals surface area contributed by atoms with Gasteiger partial charge in [-0.15, -0.1) is 0 Å². The van der Waals surface area contributed by atoms with E-state index in [0.29, 0.717) is 41.5 Å². The Labute approximate surface area is 213 Å². The maximum Gasteiger partial charge on any atom is 0.278 e. The van der Waals surface area contributed by atoms with Crippen LogP contribution >= 0.6 is 0 Å². The molecule has 1 aromatic carbocycles.